The zero-order valence-electron chi connectivity index (χ0n) is 9.96. The van der Waals surface area contributed by atoms with Crippen LogP contribution < -0.4 is 10.5 Å². The number of anilines is 1. The highest BCUT2D eigenvalue weighted by Gasteiger charge is 2.22. The van der Waals surface area contributed by atoms with E-state index < -0.39 is 16.1 Å². The van der Waals surface area contributed by atoms with E-state index in [1.165, 1.54) is 12.3 Å². The predicted molar refractivity (Wildman–Crippen MR) is 73.7 cm³/mol. The van der Waals surface area contributed by atoms with Crippen molar-refractivity contribution < 1.29 is 8.42 Å². The number of aromatic amines is 1. The van der Waals surface area contributed by atoms with E-state index in [1.54, 1.807) is 19.3 Å². The number of pyridine rings is 1. The van der Waals surface area contributed by atoms with E-state index in [2.05, 4.69) is 35.8 Å². The summed E-state index contributed by atoms with van der Waals surface area (Å²) in [4.78, 5) is 3.75. The third-order valence-electron chi connectivity index (χ3n) is 2.49. The van der Waals surface area contributed by atoms with Crippen molar-refractivity contribution in [3.63, 3.8) is 0 Å². The Balaban J connectivity index is 2.30. The molecule has 19 heavy (non-hydrogen) atoms. The number of halogens is 1. The van der Waals surface area contributed by atoms with E-state index in [-0.39, 0.29) is 10.7 Å². The van der Waals surface area contributed by atoms with Crippen LogP contribution in [0.2, 0.25) is 0 Å². The maximum Gasteiger partial charge on any atom is 0.244 e. The van der Waals surface area contributed by atoms with Gasteiger partial charge in [0.25, 0.3) is 0 Å². The van der Waals surface area contributed by atoms with E-state index >= 15 is 0 Å². The first kappa shape index (κ1) is 14.0. The molecule has 0 aliphatic carbocycles. The van der Waals surface area contributed by atoms with Gasteiger partial charge in [0.1, 0.15) is 10.7 Å². The Morgan fingerprint density at radius 2 is 2.21 bits per heavy atom. The lowest BCUT2D eigenvalue weighted by atomic mass is 10.2. The molecule has 1 unspecified atom stereocenters. The number of hydrogen-bond donors (Lipinski definition) is 3. The molecule has 2 aromatic heterocycles. The van der Waals surface area contributed by atoms with Crippen LogP contribution >= 0.6 is 15.9 Å². The Morgan fingerprint density at radius 1 is 1.47 bits per heavy atom. The largest absolute Gasteiger partial charge is 0.383 e. The molecule has 9 heteroatoms. The van der Waals surface area contributed by atoms with Crippen LogP contribution in [0, 0.1) is 0 Å². The van der Waals surface area contributed by atoms with E-state index in [4.69, 9.17) is 5.73 Å². The van der Waals surface area contributed by atoms with Crippen LogP contribution in [0.4, 0.5) is 5.82 Å². The normalized spacial score (nSPS) is 13.4. The molecule has 2 heterocycles. The fourth-order valence-electron chi connectivity index (χ4n) is 1.51. The van der Waals surface area contributed by atoms with E-state index in [0.717, 1.165) is 5.56 Å². The van der Waals surface area contributed by atoms with Gasteiger partial charge in [0.05, 0.1) is 6.20 Å². The second kappa shape index (κ2) is 5.27. The summed E-state index contributed by atoms with van der Waals surface area (Å²) in [6.07, 6.45) is 4.61. The van der Waals surface area contributed by atoms with Gasteiger partial charge in [-0.1, -0.05) is 0 Å². The van der Waals surface area contributed by atoms with Crippen molar-refractivity contribution >= 4 is 31.8 Å². The Kier molecular flexibility index (Phi) is 3.88. The number of nitrogens with one attached hydrogen (secondary N) is 2. The number of sulfonamides is 1. The lowest BCUT2D eigenvalue weighted by Gasteiger charge is -2.13. The number of nitrogens with two attached hydrogens (primary N) is 1. The van der Waals surface area contributed by atoms with Crippen LogP contribution in [0.15, 0.2) is 34.0 Å². The minimum absolute atomic E-state index is 0.0462. The molecule has 2 rings (SSSR count). The number of rotatable bonds is 4. The molecule has 0 aliphatic heterocycles. The number of nitrogens with zero attached hydrogens (tertiary/aromatic N) is 2. The summed E-state index contributed by atoms with van der Waals surface area (Å²) in [6.45, 7) is 1.71. The van der Waals surface area contributed by atoms with Gasteiger partial charge < -0.3 is 5.73 Å². The first-order chi connectivity index (χ1) is 8.90. The van der Waals surface area contributed by atoms with Gasteiger partial charge in [-0.15, -0.1) is 0 Å². The number of hydrogen-bond acceptors (Lipinski definition) is 5. The van der Waals surface area contributed by atoms with Crippen LogP contribution in [0.25, 0.3) is 0 Å². The molecule has 0 saturated heterocycles. The quantitative estimate of drug-likeness (QED) is 0.769. The van der Waals surface area contributed by atoms with Crippen molar-refractivity contribution in [1.82, 2.24) is 19.9 Å². The van der Waals surface area contributed by atoms with Crippen molar-refractivity contribution in [1.29, 1.82) is 0 Å². The van der Waals surface area contributed by atoms with Gasteiger partial charge in [0, 0.05) is 28.5 Å². The molecule has 0 aromatic carbocycles. The summed E-state index contributed by atoms with van der Waals surface area (Å²) in [6, 6.07) is 0.981. The Morgan fingerprint density at radius 3 is 2.84 bits per heavy atom. The maximum atomic E-state index is 12.2. The molecule has 0 radical (unpaired) electrons. The van der Waals surface area contributed by atoms with Crippen molar-refractivity contribution in [3.05, 3.63) is 34.7 Å². The molecule has 0 fully saturated rings. The maximum absolute atomic E-state index is 12.2. The summed E-state index contributed by atoms with van der Waals surface area (Å²) >= 11 is 3.17. The lowest BCUT2D eigenvalue weighted by molar-refractivity contribution is 0.567. The molecular weight excluding hydrogens is 334 g/mol. The van der Waals surface area contributed by atoms with Crippen LogP contribution in [0.5, 0.6) is 0 Å². The van der Waals surface area contributed by atoms with Crippen molar-refractivity contribution in [3.8, 4) is 0 Å². The molecule has 0 amide bonds. The summed E-state index contributed by atoms with van der Waals surface area (Å²) in [7, 11) is -3.75. The zero-order chi connectivity index (χ0) is 14.0. The van der Waals surface area contributed by atoms with E-state index in [0.29, 0.717) is 4.47 Å². The first-order valence-corrected chi connectivity index (χ1v) is 7.60. The molecule has 102 valence electrons. The van der Waals surface area contributed by atoms with Gasteiger partial charge in [0.2, 0.25) is 10.0 Å². The standard InChI is InChI=1S/C10H12BrN5O2S/c1-6(7-3-14-15-4-7)16-19(17,18)9-2-8(11)5-13-10(9)12/h2-6,16H,1H3,(H2,12,13)(H,14,15). The highest BCUT2D eigenvalue weighted by molar-refractivity contribution is 9.10. The third kappa shape index (κ3) is 3.11. The highest BCUT2D eigenvalue weighted by atomic mass is 79.9. The average molecular weight is 346 g/mol. The Labute approximate surface area is 118 Å². The zero-order valence-corrected chi connectivity index (χ0v) is 12.4. The summed E-state index contributed by atoms with van der Waals surface area (Å²) in [5.41, 5.74) is 6.33. The number of aromatic nitrogens is 3. The fraction of sp³-hybridized carbons (Fsp3) is 0.200. The third-order valence-corrected chi connectivity index (χ3v) is 4.49. The number of nitrogen functional groups attached to an aromatic ring is 1. The van der Waals surface area contributed by atoms with Gasteiger partial charge in [0.15, 0.2) is 0 Å². The van der Waals surface area contributed by atoms with Gasteiger partial charge in [-0.05, 0) is 28.9 Å². The van der Waals surface area contributed by atoms with E-state index in [9.17, 15) is 8.42 Å². The molecule has 4 N–H and O–H groups in total. The van der Waals surface area contributed by atoms with Crippen molar-refractivity contribution in [2.24, 2.45) is 0 Å². The molecule has 0 aliphatic rings. The second-order valence-corrected chi connectivity index (χ2v) is 6.51. The second-order valence-electron chi connectivity index (χ2n) is 3.91. The smallest absolute Gasteiger partial charge is 0.244 e. The van der Waals surface area contributed by atoms with Crippen molar-refractivity contribution in [2.45, 2.75) is 17.9 Å². The summed E-state index contributed by atoms with van der Waals surface area (Å²) in [5.74, 6) is -0.0462. The molecule has 0 bridgehead atoms. The molecule has 0 saturated carbocycles. The van der Waals surface area contributed by atoms with Crippen LogP contribution in [-0.2, 0) is 10.0 Å². The highest BCUT2D eigenvalue weighted by Crippen LogP contribution is 2.22. The molecular formula is C10H12BrN5O2S. The predicted octanol–water partition coefficient (Wildman–Crippen LogP) is 1.19. The number of H-pyrrole nitrogens is 1. The van der Waals surface area contributed by atoms with Crippen LogP contribution in [-0.4, -0.2) is 23.6 Å². The molecule has 7 nitrogen and oxygen atoms in total. The van der Waals surface area contributed by atoms with Crippen molar-refractivity contribution in [2.75, 3.05) is 5.73 Å². The molecule has 0 spiro atoms. The molecule has 1 atom stereocenters. The fourth-order valence-corrected chi connectivity index (χ4v) is 3.33. The topological polar surface area (TPSA) is 114 Å². The van der Waals surface area contributed by atoms with Crippen LogP contribution in [0.1, 0.15) is 18.5 Å². The SMILES string of the molecule is CC(NS(=O)(=O)c1cc(Br)cnc1N)c1cn[nH]c1. The first-order valence-electron chi connectivity index (χ1n) is 5.32. The minimum atomic E-state index is -3.75. The van der Waals surface area contributed by atoms with Gasteiger partial charge in [-0.25, -0.2) is 18.1 Å². The van der Waals surface area contributed by atoms with Gasteiger partial charge in [-0.3, -0.25) is 5.10 Å². The Hall–Kier alpha value is -1.45. The molecule has 2 aromatic rings. The van der Waals surface area contributed by atoms with Gasteiger partial charge in [-0.2, -0.15) is 5.10 Å². The van der Waals surface area contributed by atoms with E-state index in [1.807, 2.05) is 0 Å². The monoisotopic (exact) mass is 345 g/mol. The summed E-state index contributed by atoms with van der Waals surface area (Å²) < 4.78 is 27.5. The lowest BCUT2D eigenvalue weighted by Crippen LogP contribution is -2.27. The Bertz CT molecular complexity index is 671. The van der Waals surface area contributed by atoms with Gasteiger partial charge >= 0.3 is 0 Å². The van der Waals surface area contributed by atoms with Crippen LogP contribution in [0.3, 0.4) is 0 Å². The summed E-state index contributed by atoms with van der Waals surface area (Å²) in [5, 5.41) is 6.40. The minimum Gasteiger partial charge on any atom is -0.383 e. The average Bonchev–Trinajstić information content (AvgIpc) is 2.85.